The highest BCUT2D eigenvalue weighted by atomic mass is 19.4. The van der Waals surface area contributed by atoms with Crippen LogP contribution in [0.1, 0.15) is 27.3 Å². The highest BCUT2D eigenvalue weighted by Gasteiger charge is 2.35. The lowest BCUT2D eigenvalue weighted by Crippen LogP contribution is -2.16. The number of hydrogen-bond donors (Lipinski definition) is 1. The molecule has 1 aromatic carbocycles. The molecule has 3 rings (SSSR count). The molecule has 0 atom stereocenters. The number of carbonyl (C=O) groups is 1. The molecule has 0 aliphatic carbocycles. The van der Waals surface area contributed by atoms with E-state index in [9.17, 15) is 18.0 Å². The molecule has 1 N–H and O–H groups in total. The average Bonchev–Trinajstić information content (AvgIpc) is 3.13. The molecule has 0 fully saturated rings. The lowest BCUT2D eigenvalue weighted by molar-refractivity contribution is -0.141. The summed E-state index contributed by atoms with van der Waals surface area (Å²) >= 11 is 0. The topological polar surface area (TPSA) is 64.7 Å². The average molecular weight is 363 g/mol. The van der Waals surface area contributed by atoms with Gasteiger partial charge in [-0.05, 0) is 12.5 Å². The van der Waals surface area contributed by atoms with Crippen molar-refractivity contribution in [2.24, 2.45) is 7.05 Å². The van der Waals surface area contributed by atoms with Gasteiger partial charge in [-0.3, -0.25) is 14.2 Å². The molecule has 0 aliphatic rings. The zero-order valence-corrected chi connectivity index (χ0v) is 14.1. The van der Waals surface area contributed by atoms with Crippen molar-refractivity contribution in [2.45, 2.75) is 19.6 Å². The third-order valence-electron chi connectivity index (χ3n) is 3.71. The molecule has 0 spiro atoms. The number of halogens is 3. The number of aromatic nitrogens is 4. The Morgan fingerprint density at radius 1 is 1.19 bits per heavy atom. The van der Waals surface area contributed by atoms with Gasteiger partial charge >= 0.3 is 6.18 Å². The van der Waals surface area contributed by atoms with E-state index in [-0.39, 0.29) is 11.5 Å². The Bertz CT molecular complexity index is 942. The second-order valence-electron chi connectivity index (χ2n) is 5.88. The molecule has 136 valence electrons. The van der Waals surface area contributed by atoms with E-state index in [1.165, 1.54) is 7.05 Å². The van der Waals surface area contributed by atoms with Crippen LogP contribution >= 0.6 is 0 Å². The number of nitrogens with zero attached hydrogens (tertiary/aromatic N) is 4. The SMILES string of the molecule is Cc1cccc(Cn2ccc(NC(=O)c3cc(C(F)(F)F)nn3C)n2)c1. The molecule has 0 saturated heterocycles. The Balaban J connectivity index is 1.71. The number of anilines is 1. The monoisotopic (exact) mass is 363 g/mol. The summed E-state index contributed by atoms with van der Waals surface area (Å²) in [6.45, 7) is 2.50. The van der Waals surface area contributed by atoms with Crippen molar-refractivity contribution in [2.75, 3.05) is 5.32 Å². The summed E-state index contributed by atoms with van der Waals surface area (Å²) in [5.74, 6) is -0.464. The van der Waals surface area contributed by atoms with Gasteiger partial charge in [0.25, 0.3) is 5.91 Å². The van der Waals surface area contributed by atoms with E-state index in [1.807, 2.05) is 31.2 Å². The summed E-state index contributed by atoms with van der Waals surface area (Å²) in [5.41, 5.74) is 0.855. The first-order valence-electron chi connectivity index (χ1n) is 7.74. The number of hydrogen-bond acceptors (Lipinski definition) is 3. The molecule has 2 aromatic heterocycles. The number of carbonyl (C=O) groups excluding carboxylic acids is 1. The summed E-state index contributed by atoms with van der Waals surface area (Å²) in [6, 6.07) is 10.2. The molecule has 0 unspecified atom stereocenters. The van der Waals surface area contributed by atoms with Gasteiger partial charge in [0.05, 0.1) is 6.54 Å². The molecule has 3 aromatic rings. The summed E-state index contributed by atoms with van der Waals surface area (Å²) in [6.07, 6.45) is -2.92. The van der Waals surface area contributed by atoms with Crippen LogP contribution in [0.15, 0.2) is 42.6 Å². The van der Waals surface area contributed by atoms with Crippen molar-refractivity contribution < 1.29 is 18.0 Å². The zero-order valence-electron chi connectivity index (χ0n) is 14.1. The molecule has 0 radical (unpaired) electrons. The second kappa shape index (κ2) is 6.66. The maximum atomic E-state index is 12.7. The van der Waals surface area contributed by atoms with Crippen LogP contribution in [0.4, 0.5) is 19.0 Å². The molecule has 0 aliphatic heterocycles. The second-order valence-corrected chi connectivity index (χ2v) is 5.88. The van der Waals surface area contributed by atoms with E-state index in [4.69, 9.17) is 0 Å². The fourth-order valence-electron chi connectivity index (χ4n) is 2.51. The molecule has 9 heteroatoms. The molecule has 0 bridgehead atoms. The maximum absolute atomic E-state index is 12.7. The van der Waals surface area contributed by atoms with Gasteiger partial charge in [-0.2, -0.15) is 23.4 Å². The van der Waals surface area contributed by atoms with Crippen LogP contribution in [0.5, 0.6) is 0 Å². The number of rotatable bonds is 4. The Morgan fingerprint density at radius 2 is 1.96 bits per heavy atom. The van der Waals surface area contributed by atoms with Crippen LogP contribution in [0.2, 0.25) is 0 Å². The van der Waals surface area contributed by atoms with E-state index in [0.29, 0.717) is 12.6 Å². The van der Waals surface area contributed by atoms with Crippen molar-refractivity contribution in [3.8, 4) is 0 Å². The number of alkyl halides is 3. The van der Waals surface area contributed by atoms with Gasteiger partial charge in [0.15, 0.2) is 11.5 Å². The van der Waals surface area contributed by atoms with Crippen LogP contribution < -0.4 is 5.32 Å². The lowest BCUT2D eigenvalue weighted by Gasteiger charge is -2.04. The Labute approximate surface area is 147 Å². The minimum Gasteiger partial charge on any atom is -0.304 e. The predicted octanol–water partition coefficient (Wildman–Crippen LogP) is 3.24. The fraction of sp³-hybridized carbons (Fsp3) is 0.235. The van der Waals surface area contributed by atoms with Crippen molar-refractivity contribution in [1.82, 2.24) is 19.6 Å². The zero-order chi connectivity index (χ0) is 18.9. The van der Waals surface area contributed by atoms with Crippen LogP contribution in [0.25, 0.3) is 0 Å². The van der Waals surface area contributed by atoms with Gasteiger partial charge in [0.2, 0.25) is 0 Å². The third-order valence-corrected chi connectivity index (χ3v) is 3.71. The number of benzene rings is 1. The van der Waals surface area contributed by atoms with Crippen molar-refractivity contribution in [1.29, 1.82) is 0 Å². The Morgan fingerprint density at radius 3 is 2.62 bits per heavy atom. The van der Waals surface area contributed by atoms with E-state index >= 15 is 0 Å². The molecule has 1 amide bonds. The highest BCUT2D eigenvalue weighted by Crippen LogP contribution is 2.28. The molecule has 2 heterocycles. The van der Waals surface area contributed by atoms with Crippen molar-refractivity contribution >= 4 is 11.7 Å². The van der Waals surface area contributed by atoms with E-state index in [2.05, 4.69) is 15.5 Å². The van der Waals surface area contributed by atoms with Crippen molar-refractivity contribution in [3.05, 3.63) is 65.1 Å². The Kier molecular flexibility index (Phi) is 4.54. The number of amides is 1. The smallest absolute Gasteiger partial charge is 0.304 e. The number of nitrogens with one attached hydrogen (secondary N) is 1. The normalized spacial score (nSPS) is 11.6. The Hall–Kier alpha value is -3.10. The van der Waals surface area contributed by atoms with Crippen LogP contribution in [0, 0.1) is 6.92 Å². The lowest BCUT2D eigenvalue weighted by atomic mass is 10.1. The first kappa shape index (κ1) is 17.7. The van der Waals surface area contributed by atoms with Crippen molar-refractivity contribution in [3.63, 3.8) is 0 Å². The van der Waals surface area contributed by atoms with Gasteiger partial charge in [-0.1, -0.05) is 29.8 Å². The summed E-state index contributed by atoms with van der Waals surface area (Å²) in [4.78, 5) is 12.2. The van der Waals surface area contributed by atoms with Gasteiger partial charge < -0.3 is 5.32 Å². The molecule has 26 heavy (non-hydrogen) atoms. The molecule has 0 saturated carbocycles. The molecular weight excluding hydrogens is 347 g/mol. The minimum atomic E-state index is -4.61. The molecular formula is C17H16F3N5O. The largest absolute Gasteiger partial charge is 0.435 e. The van der Waals surface area contributed by atoms with E-state index < -0.39 is 17.8 Å². The van der Waals surface area contributed by atoms with Crippen LogP contribution in [-0.4, -0.2) is 25.5 Å². The van der Waals surface area contributed by atoms with Crippen LogP contribution in [0.3, 0.4) is 0 Å². The third kappa shape index (κ3) is 3.93. The van der Waals surface area contributed by atoms with Gasteiger partial charge in [0.1, 0.15) is 5.69 Å². The van der Waals surface area contributed by atoms with Gasteiger partial charge in [0, 0.05) is 25.4 Å². The van der Waals surface area contributed by atoms with E-state index in [1.54, 1.807) is 16.9 Å². The number of aryl methyl sites for hydroxylation is 2. The quantitative estimate of drug-likeness (QED) is 0.774. The fourth-order valence-corrected chi connectivity index (χ4v) is 2.51. The first-order chi connectivity index (χ1) is 12.2. The standard InChI is InChI=1S/C17H16F3N5O/c1-11-4-3-5-12(8-11)10-25-7-6-15(23-25)21-16(26)13-9-14(17(18,19)20)22-24(13)2/h3-9H,10H2,1-2H3,(H,21,23,26). The minimum absolute atomic E-state index is 0.203. The van der Waals surface area contributed by atoms with E-state index in [0.717, 1.165) is 15.8 Å². The highest BCUT2D eigenvalue weighted by molar-refractivity contribution is 6.02. The summed E-state index contributed by atoms with van der Waals surface area (Å²) in [7, 11) is 1.28. The maximum Gasteiger partial charge on any atom is 0.435 e. The summed E-state index contributed by atoms with van der Waals surface area (Å²) < 4.78 is 40.6. The first-order valence-corrected chi connectivity index (χ1v) is 7.74. The summed E-state index contributed by atoms with van der Waals surface area (Å²) in [5, 5.41) is 10.0. The van der Waals surface area contributed by atoms with Gasteiger partial charge in [-0.25, -0.2) is 0 Å². The van der Waals surface area contributed by atoms with Gasteiger partial charge in [-0.15, -0.1) is 0 Å². The van der Waals surface area contributed by atoms with Crippen LogP contribution in [-0.2, 0) is 19.8 Å². The molecule has 6 nitrogen and oxygen atoms in total. The predicted molar refractivity (Wildman–Crippen MR) is 88.7 cm³/mol.